The molecular weight excluding hydrogens is 336 g/mol. The molecule has 2 aromatic carbocycles. The number of rotatable bonds is 5. The minimum atomic E-state index is -3.10. The molecule has 0 spiro atoms. The second kappa shape index (κ2) is 9.13. The van der Waals surface area contributed by atoms with Gasteiger partial charge in [-0.2, -0.15) is 0 Å². The van der Waals surface area contributed by atoms with E-state index in [0.29, 0.717) is 17.1 Å². The predicted octanol–water partition coefficient (Wildman–Crippen LogP) is 3.96. The molecule has 0 aromatic heterocycles. The van der Waals surface area contributed by atoms with Gasteiger partial charge in [0.25, 0.3) is 0 Å². The molecule has 1 aliphatic heterocycles. The van der Waals surface area contributed by atoms with Crippen LogP contribution in [0.2, 0.25) is 0 Å². The van der Waals surface area contributed by atoms with Crippen LogP contribution >= 0.6 is 0 Å². The normalized spacial score (nSPS) is 16.7. The minimum absolute atomic E-state index is 0.342. The highest BCUT2D eigenvalue weighted by molar-refractivity contribution is 7.90. The monoisotopic (exact) mass is 362 g/mol. The van der Waals surface area contributed by atoms with Gasteiger partial charge < -0.3 is 9.47 Å². The van der Waals surface area contributed by atoms with Crippen molar-refractivity contribution in [1.29, 1.82) is 0 Å². The van der Waals surface area contributed by atoms with Crippen molar-refractivity contribution in [3.8, 4) is 11.1 Å². The van der Waals surface area contributed by atoms with E-state index >= 15 is 0 Å². The van der Waals surface area contributed by atoms with Crippen LogP contribution in [0.15, 0.2) is 59.5 Å². The number of benzene rings is 2. The Morgan fingerprint density at radius 2 is 1.60 bits per heavy atom. The lowest BCUT2D eigenvalue weighted by Crippen LogP contribution is -2.32. The number of sulfone groups is 1. The summed E-state index contributed by atoms with van der Waals surface area (Å²) in [6.07, 6.45) is 3.12. The Hall–Kier alpha value is -1.69. The summed E-state index contributed by atoms with van der Waals surface area (Å²) in [5.74, 6) is 0. The molecule has 0 bridgehead atoms. The lowest BCUT2D eigenvalue weighted by molar-refractivity contribution is -0.104. The first-order valence-electron chi connectivity index (χ1n) is 8.45. The van der Waals surface area contributed by atoms with Crippen LogP contribution in [0.4, 0.5) is 0 Å². The summed E-state index contributed by atoms with van der Waals surface area (Å²) in [4.78, 5) is 0.354. The third-order valence-electron chi connectivity index (χ3n) is 3.80. The second-order valence-corrected chi connectivity index (χ2v) is 8.34. The van der Waals surface area contributed by atoms with Crippen molar-refractivity contribution in [3.63, 3.8) is 0 Å². The van der Waals surface area contributed by atoms with E-state index in [2.05, 4.69) is 0 Å². The highest BCUT2D eigenvalue weighted by Crippen LogP contribution is 2.20. The summed E-state index contributed by atoms with van der Waals surface area (Å²) in [5.41, 5.74) is 2.11. The smallest absolute Gasteiger partial charge is 0.175 e. The van der Waals surface area contributed by atoms with E-state index < -0.39 is 9.84 Å². The van der Waals surface area contributed by atoms with Crippen molar-refractivity contribution in [1.82, 2.24) is 0 Å². The summed E-state index contributed by atoms with van der Waals surface area (Å²) in [7, 11) is -3.10. The van der Waals surface area contributed by atoms with Gasteiger partial charge in [-0.3, -0.25) is 0 Å². The van der Waals surface area contributed by atoms with Crippen molar-refractivity contribution in [3.05, 3.63) is 54.6 Å². The maximum atomic E-state index is 11.3. The van der Waals surface area contributed by atoms with E-state index in [1.54, 1.807) is 12.1 Å². The Balaban J connectivity index is 0.000000212. The lowest BCUT2D eigenvalue weighted by Gasteiger charge is -2.26. The first kappa shape index (κ1) is 19.6. The number of ether oxygens (including phenoxy) is 2. The van der Waals surface area contributed by atoms with Gasteiger partial charge in [-0.05, 0) is 43.5 Å². The topological polar surface area (TPSA) is 52.6 Å². The molecule has 1 saturated heterocycles. The van der Waals surface area contributed by atoms with Crippen LogP contribution < -0.4 is 0 Å². The van der Waals surface area contributed by atoms with E-state index in [1.165, 1.54) is 12.7 Å². The first-order chi connectivity index (χ1) is 11.9. The third kappa shape index (κ3) is 6.61. The standard InChI is InChI=1S/C13H12O2S.C7H14O2/c1-16(14,15)13-9-7-12(8-10-13)11-5-3-2-4-6-11;1-6(2)9-5-7-3-4-8-7/h2-10H,1H3;6-7H,3-5H2,1-2H3. The fraction of sp³-hybridized carbons (Fsp3) is 0.400. The highest BCUT2D eigenvalue weighted by Gasteiger charge is 2.17. The Kier molecular flexibility index (Phi) is 7.17. The quantitative estimate of drug-likeness (QED) is 0.808. The molecule has 1 fully saturated rings. The average molecular weight is 362 g/mol. The van der Waals surface area contributed by atoms with E-state index in [4.69, 9.17) is 9.47 Å². The van der Waals surface area contributed by atoms with Gasteiger partial charge in [0.2, 0.25) is 0 Å². The molecule has 0 radical (unpaired) electrons. The Morgan fingerprint density at radius 1 is 1.04 bits per heavy atom. The molecule has 5 heteroatoms. The lowest BCUT2D eigenvalue weighted by atomic mass is 10.1. The van der Waals surface area contributed by atoms with Gasteiger partial charge >= 0.3 is 0 Å². The molecule has 1 heterocycles. The van der Waals surface area contributed by atoms with Crippen LogP contribution in [-0.4, -0.2) is 40.1 Å². The maximum absolute atomic E-state index is 11.3. The van der Waals surface area contributed by atoms with Gasteiger partial charge in [0, 0.05) is 12.9 Å². The Morgan fingerprint density at radius 3 is 2.04 bits per heavy atom. The molecule has 136 valence electrons. The van der Waals surface area contributed by atoms with Crippen molar-refractivity contribution < 1.29 is 17.9 Å². The summed E-state index contributed by atoms with van der Waals surface area (Å²) >= 11 is 0. The Bertz CT molecular complexity index is 733. The number of hydrogen-bond acceptors (Lipinski definition) is 4. The van der Waals surface area contributed by atoms with Gasteiger partial charge in [0.05, 0.1) is 23.7 Å². The molecule has 0 saturated carbocycles. The molecule has 3 rings (SSSR count). The molecule has 1 atom stereocenters. The fourth-order valence-electron chi connectivity index (χ4n) is 2.24. The van der Waals surface area contributed by atoms with E-state index in [9.17, 15) is 8.42 Å². The van der Waals surface area contributed by atoms with Crippen LogP contribution in [0.3, 0.4) is 0 Å². The third-order valence-corrected chi connectivity index (χ3v) is 4.93. The molecule has 25 heavy (non-hydrogen) atoms. The van der Waals surface area contributed by atoms with E-state index in [1.807, 2.05) is 56.3 Å². The zero-order valence-corrected chi connectivity index (χ0v) is 15.8. The van der Waals surface area contributed by atoms with E-state index in [-0.39, 0.29) is 0 Å². The van der Waals surface area contributed by atoms with Crippen LogP contribution in [-0.2, 0) is 19.3 Å². The van der Waals surface area contributed by atoms with Crippen molar-refractivity contribution >= 4 is 9.84 Å². The van der Waals surface area contributed by atoms with E-state index in [0.717, 1.165) is 24.3 Å². The second-order valence-electron chi connectivity index (χ2n) is 6.33. The van der Waals surface area contributed by atoms with Gasteiger partial charge in [0.1, 0.15) is 0 Å². The predicted molar refractivity (Wildman–Crippen MR) is 100 cm³/mol. The summed E-state index contributed by atoms with van der Waals surface area (Å²) in [6, 6.07) is 16.8. The van der Waals surface area contributed by atoms with Gasteiger partial charge in [-0.25, -0.2) is 8.42 Å². The zero-order valence-electron chi connectivity index (χ0n) is 15.0. The maximum Gasteiger partial charge on any atom is 0.175 e. The largest absolute Gasteiger partial charge is 0.376 e. The molecule has 0 N–H and O–H groups in total. The van der Waals surface area contributed by atoms with Crippen LogP contribution in [0, 0.1) is 0 Å². The molecular formula is C20H26O4S. The molecule has 4 nitrogen and oxygen atoms in total. The van der Waals surface area contributed by atoms with Crippen molar-refractivity contribution in [2.24, 2.45) is 0 Å². The molecule has 0 aliphatic carbocycles. The minimum Gasteiger partial charge on any atom is -0.376 e. The van der Waals surface area contributed by atoms with Crippen LogP contribution in [0.1, 0.15) is 20.3 Å². The zero-order chi connectivity index (χ0) is 18.3. The van der Waals surface area contributed by atoms with Crippen LogP contribution in [0.5, 0.6) is 0 Å². The SMILES string of the molecule is CC(C)OCC1CCO1.CS(=O)(=O)c1ccc(-c2ccccc2)cc1. The summed E-state index contributed by atoms with van der Waals surface area (Å²) in [6.45, 7) is 5.78. The average Bonchev–Trinajstić information content (AvgIpc) is 2.54. The van der Waals surface area contributed by atoms with Crippen LogP contribution in [0.25, 0.3) is 11.1 Å². The summed E-state index contributed by atoms with van der Waals surface area (Å²) < 4.78 is 33.0. The molecule has 2 aromatic rings. The summed E-state index contributed by atoms with van der Waals surface area (Å²) in [5, 5.41) is 0. The van der Waals surface area contributed by atoms with Crippen molar-refractivity contribution in [2.45, 2.75) is 37.4 Å². The molecule has 1 aliphatic rings. The Labute approximate surface area is 150 Å². The molecule has 1 unspecified atom stereocenters. The van der Waals surface area contributed by atoms with Gasteiger partial charge in [0.15, 0.2) is 9.84 Å². The fourth-order valence-corrected chi connectivity index (χ4v) is 2.87. The molecule has 0 amide bonds. The van der Waals surface area contributed by atoms with Crippen molar-refractivity contribution in [2.75, 3.05) is 19.5 Å². The first-order valence-corrected chi connectivity index (χ1v) is 10.3. The van der Waals surface area contributed by atoms with Gasteiger partial charge in [-0.15, -0.1) is 0 Å². The highest BCUT2D eigenvalue weighted by atomic mass is 32.2. The van der Waals surface area contributed by atoms with Gasteiger partial charge in [-0.1, -0.05) is 42.5 Å². The number of hydrogen-bond donors (Lipinski definition) is 0.